The number of rotatable bonds is 3. The maximum atomic E-state index is 11.4. The minimum Gasteiger partial charge on any atom is -0.595 e. The number of pyridine rings is 1. The average Bonchev–Trinajstić information content (AvgIpc) is 2.86. The minimum atomic E-state index is -1.11. The lowest BCUT2D eigenvalue weighted by atomic mass is 10.0. The predicted molar refractivity (Wildman–Crippen MR) is 78.2 cm³/mol. The number of nitrogens with zero attached hydrogens (tertiary/aromatic N) is 4. The van der Waals surface area contributed by atoms with Crippen molar-refractivity contribution in [2.45, 2.75) is 5.92 Å². The van der Waals surface area contributed by atoms with E-state index in [1.165, 1.54) is 18.3 Å². The van der Waals surface area contributed by atoms with Gasteiger partial charge in [0.1, 0.15) is 11.5 Å². The Balaban J connectivity index is 2.20. The number of aromatic nitrogens is 3. The Morgan fingerprint density at radius 2 is 2.09 bits per heavy atom. The molecule has 2 aromatic heterocycles. The van der Waals surface area contributed by atoms with Crippen molar-refractivity contribution in [3.05, 3.63) is 59.3 Å². The minimum absolute atomic E-state index is 0.0149. The van der Waals surface area contributed by atoms with Gasteiger partial charge in [0.2, 0.25) is 0 Å². The first-order chi connectivity index (χ1) is 10.6. The van der Waals surface area contributed by atoms with Crippen molar-refractivity contribution in [3.8, 4) is 6.07 Å². The van der Waals surface area contributed by atoms with Crippen LogP contribution in [0.15, 0.2) is 42.6 Å². The molecule has 0 amide bonds. The number of nitrogens with one attached hydrogen (secondary N) is 1. The van der Waals surface area contributed by atoms with Crippen LogP contribution in [0.5, 0.6) is 0 Å². The molecule has 22 heavy (non-hydrogen) atoms. The lowest BCUT2D eigenvalue weighted by Gasteiger charge is -2.17. The fraction of sp³-hybridized carbons (Fsp3) is 0.133. The molecular weight excluding hydrogens is 282 g/mol. The van der Waals surface area contributed by atoms with Crippen LogP contribution in [0.3, 0.4) is 0 Å². The monoisotopic (exact) mass is 295 g/mol. The van der Waals surface area contributed by atoms with Crippen molar-refractivity contribution < 1.29 is 10.4 Å². The molecule has 0 aliphatic heterocycles. The van der Waals surface area contributed by atoms with Crippen molar-refractivity contribution in [1.29, 1.82) is 5.26 Å². The predicted octanol–water partition coefficient (Wildman–Crippen LogP) is 1.03. The standard InChI is InChI=1S/C15H13N5O2/c1-19-12-6-3-2-5-11(12)18-15(19)10(9-16)14-13(20(21)22)7-4-8-17-14/h2-8,10,20-21H,1H3. The summed E-state index contributed by atoms with van der Waals surface area (Å²) < 4.78 is 1.80. The topological polar surface area (TPSA) is 102 Å². The number of hydrogen-bond acceptors (Lipinski definition) is 5. The van der Waals surface area contributed by atoms with E-state index in [0.717, 1.165) is 11.0 Å². The summed E-state index contributed by atoms with van der Waals surface area (Å²) in [5.74, 6) is -0.366. The number of hydrogen-bond donors (Lipinski definition) is 2. The lowest BCUT2D eigenvalue weighted by molar-refractivity contribution is -0.991. The molecular formula is C15H13N5O2. The van der Waals surface area contributed by atoms with E-state index in [4.69, 9.17) is 0 Å². The summed E-state index contributed by atoms with van der Waals surface area (Å²) >= 11 is 0. The largest absolute Gasteiger partial charge is 0.595 e. The molecule has 2 N–H and O–H groups in total. The average molecular weight is 295 g/mol. The molecule has 0 saturated carbocycles. The molecule has 3 rings (SSSR count). The Morgan fingerprint density at radius 1 is 1.32 bits per heavy atom. The van der Waals surface area contributed by atoms with E-state index in [1.54, 1.807) is 11.6 Å². The molecule has 0 aliphatic rings. The van der Waals surface area contributed by atoms with Crippen molar-refractivity contribution in [1.82, 2.24) is 14.5 Å². The normalized spacial score (nSPS) is 13.7. The maximum absolute atomic E-state index is 11.4. The van der Waals surface area contributed by atoms with Gasteiger partial charge in [0.15, 0.2) is 11.6 Å². The van der Waals surface area contributed by atoms with Gasteiger partial charge in [0.05, 0.1) is 17.1 Å². The van der Waals surface area contributed by atoms with Crippen LogP contribution in [-0.4, -0.2) is 19.7 Å². The van der Waals surface area contributed by atoms with Crippen LogP contribution in [0.4, 0.5) is 5.69 Å². The van der Waals surface area contributed by atoms with Crippen molar-refractivity contribution >= 4 is 16.7 Å². The molecule has 0 spiro atoms. The summed E-state index contributed by atoms with van der Waals surface area (Å²) in [6.07, 6.45) is 1.48. The zero-order valence-electron chi connectivity index (χ0n) is 11.8. The maximum Gasteiger partial charge on any atom is 0.187 e. The summed E-state index contributed by atoms with van der Waals surface area (Å²) in [5.41, 5.74) is 1.86. The molecule has 0 radical (unpaired) electrons. The summed E-state index contributed by atoms with van der Waals surface area (Å²) in [7, 11) is 1.80. The van der Waals surface area contributed by atoms with Gasteiger partial charge < -0.3 is 9.77 Å². The highest BCUT2D eigenvalue weighted by Gasteiger charge is 2.26. The highest BCUT2D eigenvalue weighted by molar-refractivity contribution is 5.76. The first kappa shape index (κ1) is 14.2. The molecule has 1 aromatic carbocycles. The highest BCUT2D eigenvalue weighted by Crippen LogP contribution is 2.27. The third-order valence-corrected chi connectivity index (χ3v) is 3.55. The summed E-state index contributed by atoms with van der Waals surface area (Å²) in [6.45, 7) is 0. The first-order valence-corrected chi connectivity index (χ1v) is 6.62. The molecule has 2 atom stereocenters. The SMILES string of the molecule is Cn1c(C(C#N)c2ncccc2[NH+]([O-])O)nc2ccccc21. The van der Waals surface area contributed by atoms with Gasteiger partial charge in [-0.2, -0.15) is 10.5 Å². The number of para-hydroxylation sites is 2. The molecule has 3 aromatic rings. The van der Waals surface area contributed by atoms with E-state index >= 15 is 0 Å². The van der Waals surface area contributed by atoms with Crippen LogP contribution in [0.25, 0.3) is 11.0 Å². The molecule has 0 bridgehead atoms. The summed E-state index contributed by atoms with van der Waals surface area (Å²) in [4.78, 5) is 8.57. The first-order valence-electron chi connectivity index (χ1n) is 6.62. The zero-order valence-corrected chi connectivity index (χ0v) is 11.8. The lowest BCUT2D eigenvalue weighted by Crippen LogP contribution is -2.99. The van der Waals surface area contributed by atoms with Crippen molar-refractivity contribution in [3.63, 3.8) is 0 Å². The second-order valence-corrected chi connectivity index (χ2v) is 4.82. The number of nitriles is 1. The van der Waals surface area contributed by atoms with Crippen LogP contribution in [-0.2, 0) is 7.05 Å². The third kappa shape index (κ3) is 2.21. The van der Waals surface area contributed by atoms with Crippen LogP contribution < -0.4 is 5.23 Å². The Labute approximate surface area is 126 Å². The van der Waals surface area contributed by atoms with Gasteiger partial charge in [0.25, 0.3) is 0 Å². The van der Waals surface area contributed by atoms with Crippen LogP contribution in [0.2, 0.25) is 0 Å². The Kier molecular flexibility index (Phi) is 3.56. The summed E-state index contributed by atoms with van der Waals surface area (Å²) in [5, 5.41) is 29.1. The third-order valence-electron chi connectivity index (χ3n) is 3.55. The number of quaternary nitrogens is 1. The van der Waals surface area contributed by atoms with E-state index in [-0.39, 0.29) is 11.4 Å². The number of imidazole rings is 1. The Bertz CT molecular complexity index is 866. The van der Waals surface area contributed by atoms with Gasteiger partial charge >= 0.3 is 0 Å². The van der Waals surface area contributed by atoms with Gasteiger partial charge in [0, 0.05) is 19.3 Å². The number of benzene rings is 1. The molecule has 0 fully saturated rings. The van der Waals surface area contributed by atoms with Crippen molar-refractivity contribution in [2.24, 2.45) is 7.05 Å². The fourth-order valence-electron chi connectivity index (χ4n) is 2.49. The molecule has 7 heteroatoms. The molecule has 2 unspecified atom stereocenters. The Hall–Kier alpha value is -2.79. The van der Waals surface area contributed by atoms with Crippen molar-refractivity contribution in [2.75, 3.05) is 0 Å². The van der Waals surface area contributed by atoms with E-state index < -0.39 is 11.1 Å². The van der Waals surface area contributed by atoms with Gasteiger partial charge in [-0.3, -0.25) is 4.98 Å². The fourth-order valence-corrected chi connectivity index (χ4v) is 2.49. The smallest absolute Gasteiger partial charge is 0.187 e. The van der Waals surface area contributed by atoms with Gasteiger partial charge in [-0.1, -0.05) is 12.1 Å². The van der Waals surface area contributed by atoms with E-state index in [2.05, 4.69) is 16.0 Å². The highest BCUT2D eigenvalue weighted by atomic mass is 16.8. The molecule has 2 heterocycles. The van der Waals surface area contributed by atoms with E-state index in [1.807, 2.05) is 24.3 Å². The van der Waals surface area contributed by atoms with Crippen LogP contribution in [0, 0.1) is 16.5 Å². The molecule has 0 aliphatic carbocycles. The Morgan fingerprint density at radius 3 is 2.77 bits per heavy atom. The van der Waals surface area contributed by atoms with Crippen LogP contribution >= 0.6 is 0 Å². The quantitative estimate of drug-likeness (QED) is 0.702. The number of fused-ring (bicyclic) bond motifs is 1. The molecule has 110 valence electrons. The van der Waals surface area contributed by atoms with Crippen LogP contribution in [0.1, 0.15) is 17.4 Å². The van der Waals surface area contributed by atoms with E-state index in [9.17, 15) is 15.7 Å². The van der Waals surface area contributed by atoms with E-state index in [0.29, 0.717) is 5.82 Å². The molecule has 0 saturated heterocycles. The number of aryl methyl sites for hydroxylation is 1. The van der Waals surface area contributed by atoms with Gasteiger partial charge in [-0.15, -0.1) is 0 Å². The second-order valence-electron chi connectivity index (χ2n) is 4.82. The van der Waals surface area contributed by atoms with Gasteiger partial charge in [-0.25, -0.2) is 10.2 Å². The zero-order chi connectivity index (χ0) is 15.7. The summed E-state index contributed by atoms with van der Waals surface area (Å²) in [6, 6.07) is 12.6. The second kappa shape index (κ2) is 5.54. The molecule has 7 nitrogen and oxygen atoms in total. The van der Waals surface area contributed by atoms with Gasteiger partial charge in [-0.05, 0) is 18.2 Å².